The lowest BCUT2D eigenvalue weighted by Gasteiger charge is -2.29. The van der Waals surface area contributed by atoms with Crippen LogP contribution in [0.5, 0.6) is 5.75 Å². The molecule has 6 heteroatoms. The molecule has 1 aliphatic rings. The molecule has 6 nitrogen and oxygen atoms in total. The summed E-state index contributed by atoms with van der Waals surface area (Å²) in [6, 6.07) is 6.94. The van der Waals surface area contributed by atoms with E-state index in [0.717, 1.165) is 19.3 Å². The molecule has 0 saturated carbocycles. The third-order valence-electron chi connectivity index (χ3n) is 4.42. The molecule has 2 atom stereocenters. The van der Waals surface area contributed by atoms with E-state index in [1.54, 1.807) is 38.1 Å². The minimum atomic E-state index is -1.14. The minimum absolute atomic E-state index is 0.0162. The summed E-state index contributed by atoms with van der Waals surface area (Å²) in [5, 5.41) is 2.86. The van der Waals surface area contributed by atoms with Crippen molar-refractivity contribution in [1.82, 2.24) is 0 Å². The monoisotopic (exact) mass is 363 g/mol. The van der Waals surface area contributed by atoms with Gasteiger partial charge in [0.2, 0.25) is 12.2 Å². The lowest BCUT2D eigenvalue weighted by Crippen LogP contribution is -2.42. The van der Waals surface area contributed by atoms with Gasteiger partial charge in [-0.3, -0.25) is 4.79 Å². The Morgan fingerprint density at radius 2 is 1.96 bits per heavy atom. The molecular formula is C20H29NO5. The van der Waals surface area contributed by atoms with Crippen molar-refractivity contribution < 1.29 is 23.8 Å². The first-order valence-corrected chi connectivity index (χ1v) is 9.24. The number of amides is 1. The summed E-state index contributed by atoms with van der Waals surface area (Å²) in [4.78, 5) is 24.3. The first-order chi connectivity index (χ1) is 12.3. The Morgan fingerprint density at radius 1 is 1.27 bits per heavy atom. The third-order valence-corrected chi connectivity index (χ3v) is 4.42. The fourth-order valence-corrected chi connectivity index (χ4v) is 2.46. The van der Waals surface area contributed by atoms with Crippen LogP contribution in [0.1, 0.15) is 53.4 Å². The number of hydrogen-bond donors (Lipinski definition) is 1. The van der Waals surface area contributed by atoms with Crippen LogP contribution in [0, 0.1) is 5.92 Å². The van der Waals surface area contributed by atoms with Crippen molar-refractivity contribution in [1.29, 1.82) is 0 Å². The van der Waals surface area contributed by atoms with E-state index in [1.165, 1.54) is 0 Å². The van der Waals surface area contributed by atoms with E-state index in [9.17, 15) is 9.59 Å². The molecule has 0 aromatic heterocycles. The SMILES string of the molecule is CCC(C)C(=O)Nc1ccc(OC(C)(C)C(=O)OC2CCCCO2)cc1. The lowest BCUT2D eigenvalue weighted by molar-refractivity contribution is -0.199. The molecule has 1 aliphatic heterocycles. The molecule has 144 valence electrons. The first kappa shape index (κ1) is 20.2. The van der Waals surface area contributed by atoms with Crippen LogP contribution in [0.2, 0.25) is 0 Å². The molecule has 0 radical (unpaired) electrons. The number of esters is 1. The van der Waals surface area contributed by atoms with E-state index in [4.69, 9.17) is 14.2 Å². The summed E-state index contributed by atoms with van der Waals surface area (Å²) in [5.41, 5.74) is -0.443. The molecule has 26 heavy (non-hydrogen) atoms. The van der Waals surface area contributed by atoms with Gasteiger partial charge in [0.15, 0.2) is 5.60 Å². The highest BCUT2D eigenvalue weighted by molar-refractivity contribution is 5.92. The standard InChI is InChI=1S/C20H29NO5/c1-5-14(2)18(22)21-15-9-11-16(12-10-15)26-20(3,4)19(23)25-17-8-6-7-13-24-17/h9-12,14,17H,5-8,13H2,1-4H3,(H,21,22). The third kappa shape index (κ3) is 5.73. The van der Waals surface area contributed by atoms with Crippen LogP contribution in [0.25, 0.3) is 0 Å². The van der Waals surface area contributed by atoms with Gasteiger partial charge in [-0.1, -0.05) is 13.8 Å². The van der Waals surface area contributed by atoms with Gasteiger partial charge < -0.3 is 19.5 Å². The molecule has 1 amide bonds. The fourth-order valence-electron chi connectivity index (χ4n) is 2.46. The normalized spacial score (nSPS) is 18.7. The number of carbonyl (C=O) groups excluding carboxylic acids is 2. The Kier molecular flexibility index (Phi) is 7.03. The molecule has 0 bridgehead atoms. The quantitative estimate of drug-likeness (QED) is 0.744. The van der Waals surface area contributed by atoms with Crippen LogP contribution in [-0.4, -0.2) is 30.4 Å². The molecule has 1 heterocycles. The van der Waals surface area contributed by atoms with Crippen LogP contribution in [0.15, 0.2) is 24.3 Å². The number of benzene rings is 1. The van der Waals surface area contributed by atoms with Crippen LogP contribution < -0.4 is 10.1 Å². The van der Waals surface area contributed by atoms with Crippen molar-refractivity contribution in [2.75, 3.05) is 11.9 Å². The smallest absolute Gasteiger partial charge is 0.352 e. The number of ether oxygens (including phenoxy) is 3. The number of nitrogens with one attached hydrogen (secondary N) is 1. The van der Waals surface area contributed by atoms with Gasteiger partial charge in [0.05, 0.1) is 6.61 Å². The molecule has 2 rings (SSSR count). The van der Waals surface area contributed by atoms with E-state index in [-0.39, 0.29) is 11.8 Å². The highest BCUT2D eigenvalue weighted by Crippen LogP contribution is 2.24. The van der Waals surface area contributed by atoms with E-state index in [1.807, 2.05) is 13.8 Å². The van der Waals surface area contributed by atoms with Crippen molar-refractivity contribution in [3.63, 3.8) is 0 Å². The summed E-state index contributed by atoms with van der Waals surface area (Å²) >= 11 is 0. The fraction of sp³-hybridized carbons (Fsp3) is 0.600. The maximum absolute atomic E-state index is 12.4. The summed E-state index contributed by atoms with van der Waals surface area (Å²) in [6.45, 7) is 7.80. The highest BCUT2D eigenvalue weighted by atomic mass is 16.7. The Bertz CT molecular complexity index is 605. The van der Waals surface area contributed by atoms with Gasteiger partial charge in [0, 0.05) is 18.0 Å². The molecule has 0 aliphatic carbocycles. The molecule has 0 spiro atoms. The zero-order chi connectivity index (χ0) is 19.2. The van der Waals surface area contributed by atoms with Crippen LogP contribution in [0.3, 0.4) is 0 Å². The Balaban J connectivity index is 1.91. The summed E-state index contributed by atoms with van der Waals surface area (Å²) in [6.07, 6.45) is 2.99. The van der Waals surface area contributed by atoms with Gasteiger partial charge in [-0.25, -0.2) is 4.79 Å². The highest BCUT2D eigenvalue weighted by Gasteiger charge is 2.34. The van der Waals surface area contributed by atoms with Gasteiger partial charge in [-0.15, -0.1) is 0 Å². The number of anilines is 1. The van der Waals surface area contributed by atoms with Crippen LogP contribution in [-0.2, 0) is 19.1 Å². The summed E-state index contributed by atoms with van der Waals surface area (Å²) in [5.74, 6) is 0.01000. The molecule has 1 aromatic rings. The van der Waals surface area contributed by atoms with E-state index < -0.39 is 17.9 Å². The lowest BCUT2D eigenvalue weighted by atomic mass is 10.1. The van der Waals surface area contributed by atoms with Crippen LogP contribution in [0.4, 0.5) is 5.69 Å². The summed E-state index contributed by atoms with van der Waals surface area (Å²) < 4.78 is 16.6. The van der Waals surface area contributed by atoms with Gasteiger partial charge in [0.25, 0.3) is 0 Å². The van der Waals surface area contributed by atoms with Gasteiger partial charge in [0.1, 0.15) is 5.75 Å². The van der Waals surface area contributed by atoms with Crippen LogP contribution >= 0.6 is 0 Å². The zero-order valence-electron chi connectivity index (χ0n) is 16.0. The molecule has 1 fully saturated rings. The minimum Gasteiger partial charge on any atom is -0.476 e. The van der Waals surface area contributed by atoms with Gasteiger partial charge >= 0.3 is 5.97 Å². The zero-order valence-corrected chi connectivity index (χ0v) is 16.0. The predicted molar refractivity (Wildman–Crippen MR) is 98.9 cm³/mol. The second-order valence-corrected chi connectivity index (χ2v) is 7.14. The number of hydrogen-bond acceptors (Lipinski definition) is 5. The Hall–Kier alpha value is -2.08. The summed E-state index contributed by atoms with van der Waals surface area (Å²) in [7, 11) is 0. The van der Waals surface area contributed by atoms with Gasteiger partial charge in [-0.2, -0.15) is 0 Å². The van der Waals surface area contributed by atoms with E-state index in [2.05, 4.69) is 5.32 Å². The second kappa shape index (κ2) is 9.03. The van der Waals surface area contributed by atoms with Crippen molar-refractivity contribution in [2.24, 2.45) is 5.92 Å². The molecule has 1 saturated heterocycles. The molecular weight excluding hydrogens is 334 g/mol. The van der Waals surface area contributed by atoms with Crippen molar-refractivity contribution in [2.45, 2.75) is 65.3 Å². The van der Waals surface area contributed by atoms with Gasteiger partial charge in [-0.05, 0) is 57.4 Å². The van der Waals surface area contributed by atoms with Crippen molar-refractivity contribution >= 4 is 17.6 Å². The second-order valence-electron chi connectivity index (χ2n) is 7.14. The molecule has 1 N–H and O–H groups in total. The topological polar surface area (TPSA) is 73.9 Å². The predicted octanol–water partition coefficient (Wildman–Crippen LogP) is 3.90. The average molecular weight is 363 g/mol. The molecule has 2 unspecified atom stereocenters. The Morgan fingerprint density at radius 3 is 2.54 bits per heavy atom. The maximum atomic E-state index is 12.4. The first-order valence-electron chi connectivity index (χ1n) is 9.24. The number of carbonyl (C=O) groups is 2. The Labute approximate surface area is 155 Å². The van der Waals surface area contributed by atoms with Crippen molar-refractivity contribution in [3.05, 3.63) is 24.3 Å². The van der Waals surface area contributed by atoms with E-state index in [0.29, 0.717) is 24.5 Å². The van der Waals surface area contributed by atoms with E-state index >= 15 is 0 Å². The maximum Gasteiger partial charge on any atom is 0.352 e. The largest absolute Gasteiger partial charge is 0.476 e. The average Bonchev–Trinajstić information content (AvgIpc) is 2.63. The number of rotatable bonds is 7. The molecule has 1 aromatic carbocycles. The van der Waals surface area contributed by atoms with Crippen molar-refractivity contribution in [3.8, 4) is 5.75 Å².